The van der Waals surface area contributed by atoms with E-state index in [-0.39, 0.29) is 5.97 Å². The Morgan fingerprint density at radius 2 is 2.33 bits per heavy atom. The Bertz CT molecular complexity index is 304. The van der Waals surface area contributed by atoms with Gasteiger partial charge in [-0.1, -0.05) is 13.0 Å². The maximum atomic E-state index is 11.8. The highest BCUT2D eigenvalue weighted by Crippen LogP contribution is 2.39. The monoisotopic (exact) mass is 210 g/mol. The third kappa shape index (κ3) is 2.06. The van der Waals surface area contributed by atoms with E-state index in [2.05, 4.69) is 6.58 Å². The van der Waals surface area contributed by atoms with Crippen LogP contribution in [0.4, 0.5) is 0 Å². The lowest BCUT2D eigenvalue weighted by molar-refractivity contribution is -0.139. The van der Waals surface area contributed by atoms with E-state index in [1.54, 1.807) is 13.0 Å². The van der Waals surface area contributed by atoms with E-state index in [4.69, 9.17) is 9.47 Å². The summed E-state index contributed by atoms with van der Waals surface area (Å²) in [7, 11) is 0. The Kier molecular flexibility index (Phi) is 3.56. The van der Waals surface area contributed by atoms with E-state index in [1.807, 2.05) is 13.8 Å². The molecular weight excluding hydrogens is 192 g/mol. The fourth-order valence-corrected chi connectivity index (χ4v) is 1.69. The van der Waals surface area contributed by atoms with Crippen LogP contribution in [0.5, 0.6) is 0 Å². The predicted octanol–water partition coefficient (Wildman–Crippen LogP) is 2.44. The van der Waals surface area contributed by atoms with Crippen LogP contribution in [-0.4, -0.2) is 19.2 Å². The van der Waals surface area contributed by atoms with Gasteiger partial charge in [0.05, 0.1) is 17.6 Å². The molecule has 1 heterocycles. The minimum Gasteiger partial charge on any atom is -0.496 e. The van der Waals surface area contributed by atoms with Crippen LogP contribution in [0.1, 0.15) is 27.2 Å². The normalized spacial score (nSPS) is 25.0. The minimum atomic E-state index is -0.405. The van der Waals surface area contributed by atoms with Gasteiger partial charge in [0.1, 0.15) is 12.4 Å². The molecule has 0 bridgehead atoms. The lowest BCUT2D eigenvalue weighted by Gasteiger charge is -2.19. The van der Waals surface area contributed by atoms with Crippen molar-refractivity contribution in [3.63, 3.8) is 0 Å². The summed E-state index contributed by atoms with van der Waals surface area (Å²) in [6, 6.07) is 0. The van der Waals surface area contributed by atoms with Gasteiger partial charge in [-0.3, -0.25) is 0 Å². The molecule has 1 aliphatic heterocycles. The van der Waals surface area contributed by atoms with Gasteiger partial charge in [0.15, 0.2) is 0 Å². The fraction of sp³-hybridized carbons (Fsp3) is 0.583. The average molecular weight is 210 g/mol. The molecule has 0 spiro atoms. The van der Waals surface area contributed by atoms with Crippen LogP contribution in [-0.2, 0) is 14.3 Å². The van der Waals surface area contributed by atoms with Crippen molar-refractivity contribution in [2.24, 2.45) is 5.41 Å². The van der Waals surface area contributed by atoms with Gasteiger partial charge in [0.25, 0.3) is 0 Å². The zero-order chi connectivity index (χ0) is 11.5. The highest BCUT2D eigenvalue weighted by atomic mass is 16.5. The van der Waals surface area contributed by atoms with E-state index in [1.165, 1.54) is 0 Å². The summed E-state index contributed by atoms with van der Waals surface area (Å²) in [6.45, 7) is 10.3. The largest absolute Gasteiger partial charge is 0.496 e. The van der Waals surface area contributed by atoms with Crippen molar-refractivity contribution in [2.45, 2.75) is 27.2 Å². The summed E-state index contributed by atoms with van der Waals surface area (Å²) >= 11 is 0. The van der Waals surface area contributed by atoms with Gasteiger partial charge in [-0.05, 0) is 13.8 Å². The van der Waals surface area contributed by atoms with Gasteiger partial charge in [0, 0.05) is 6.42 Å². The van der Waals surface area contributed by atoms with Crippen LogP contribution in [0.3, 0.4) is 0 Å². The number of ether oxygens (including phenoxy) is 2. The zero-order valence-corrected chi connectivity index (χ0v) is 9.63. The van der Waals surface area contributed by atoms with Crippen molar-refractivity contribution in [3.05, 3.63) is 24.0 Å². The van der Waals surface area contributed by atoms with Crippen LogP contribution in [0.2, 0.25) is 0 Å². The molecule has 0 aliphatic carbocycles. The molecule has 0 radical (unpaired) electrons. The van der Waals surface area contributed by atoms with E-state index in [0.717, 1.165) is 5.76 Å². The zero-order valence-electron chi connectivity index (χ0n) is 9.63. The molecule has 1 aliphatic rings. The van der Waals surface area contributed by atoms with Crippen LogP contribution >= 0.6 is 0 Å². The lowest BCUT2D eigenvalue weighted by Crippen LogP contribution is -2.24. The molecule has 0 saturated heterocycles. The molecule has 0 aromatic carbocycles. The first-order chi connectivity index (χ1) is 7.09. The number of carbonyl (C=O) groups excluding carboxylic acids is 1. The third-order valence-corrected chi connectivity index (χ3v) is 2.65. The molecule has 1 atom stereocenters. The molecule has 0 saturated carbocycles. The summed E-state index contributed by atoms with van der Waals surface area (Å²) in [4.78, 5) is 11.8. The highest BCUT2D eigenvalue weighted by molar-refractivity contribution is 5.91. The number of hydrogen-bond donors (Lipinski definition) is 0. The topological polar surface area (TPSA) is 35.5 Å². The van der Waals surface area contributed by atoms with Crippen LogP contribution in [0.15, 0.2) is 24.0 Å². The lowest BCUT2D eigenvalue weighted by atomic mass is 9.83. The molecule has 0 N–H and O–H groups in total. The summed E-state index contributed by atoms with van der Waals surface area (Å²) in [5.41, 5.74) is 0.222. The first-order valence-corrected chi connectivity index (χ1v) is 5.26. The number of rotatable bonds is 4. The Labute approximate surface area is 90.8 Å². The van der Waals surface area contributed by atoms with Gasteiger partial charge in [-0.15, -0.1) is 6.58 Å². The Hall–Kier alpha value is -1.25. The summed E-state index contributed by atoms with van der Waals surface area (Å²) in [6.07, 6.45) is 2.46. The molecule has 0 fully saturated rings. The minimum absolute atomic E-state index is 0.283. The second-order valence-corrected chi connectivity index (χ2v) is 3.78. The quantitative estimate of drug-likeness (QED) is 0.528. The van der Waals surface area contributed by atoms with E-state index in [9.17, 15) is 4.79 Å². The molecule has 3 nitrogen and oxygen atoms in total. The predicted molar refractivity (Wildman–Crippen MR) is 58.2 cm³/mol. The molecule has 0 aromatic rings. The van der Waals surface area contributed by atoms with Gasteiger partial charge in [-0.25, -0.2) is 4.79 Å². The Balaban J connectivity index is 3.05. The number of carbonyl (C=O) groups is 1. The smallest absolute Gasteiger partial charge is 0.338 e. The van der Waals surface area contributed by atoms with Gasteiger partial charge in [-0.2, -0.15) is 0 Å². The van der Waals surface area contributed by atoms with Crippen LogP contribution < -0.4 is 0 Å². The Morgan fingerprint density at radius 1 is 1.67 bits per heavy atom. The fourth-order valence-electron chi connectivity index (χ4n) is 1.69. The van der Waals surface area contributed by atoms with Gasteiger partial charge >= 0.3 is 5.97 Å². The second kappa shape index (κ2) is 4.51. The van der Waals surface area contributed by atoms with E-state index in [0.29, 0.717) is 25.2 Å². The standard InChI is InChI=1S/C12H18O3/c1-5-9-10(11(13)14-7-3)12(4,6-2)8-15-9/h6H,2,5,7-8H2,1,3-4H3/t12-/m0/s1. The second-order valence-electron chi connectivity index (χ2n) is 3.78. The molecule has 84 valence electrons. The summed E-state index contributed by atoms with van der Waals surface area (Å²) < 4.78 is 10.5. The first-order valence-electron chi connectivity index (χ1n) is 5.26. The van der Waals surface area contributed by atoms with E-state index < -0.39 is 5.41 Å². The van der Waals surface area contributed by atoms with Crippen molar-refractivity contribution in [2.75, 3.05) is 13.2 Å². The van der Waals surface area contributed by atoms with Crippen molar-refractivity contribution in [1.82, 2.24) is 0 Å². The van der Waals surface area contributed by atoms with Crippen molar-refractivity contribution < 1.29 is 14.3 Å². The first kappa shape index (κ1) is 11.8. The SMILES string of the molecule is C=C[C@@]1(C)COC(CC)=C1C(=O)OCC. The van der Waals surface area contributed by atoms with Crippen LogP contribution in [0.25, 0.3) is 0 Å². The molecular formula is C12H18O3. The van der Waals surface area contributed by atoms with Gasteiger partial charge in [0.2, 0.25) is 0 Å². The molecule has 15 heavy (non-hydrogen) atoms. The molecule has 3 heteroatoms. The Morgan fingerprint density at radius 3 is 2.80 bits per heavy atom. The van der Waals surface area contributed by atoms with Crippen LogP contribution in [0, 0.1) is 5.41 Å². The maximum Gasteiger partial charge on any atom is 0.338 e. The third-order valence-electron chi connectivity index (χ3n) is 2.65. The van der Waals surface area contributed by atoms with Crippen molar-refractivity contribution in [1.29, 1.82) is 0 Å². The summed E-state index contributed by atoms with van der Waals surface area (Å²) in [5, 5.41) is 0. The number of allylic oxidation sites excluding steroid dienone is 1. The average Bonchev–Trinajstić information content (AvgIpc) is 2.57. The number of hydrogen-bond acceptors (Lipinski definition) is 3. The van der Waals surface area contributed by atoms with Crippen molar-refractivity contribution in [3.8, 4) is 0 Å². The molecule has 0 amide bonds. The number of esters is 1. The van der Waals surface area contributed by atoms with E-state index >= 15 is 0 Å². The summed E-state index contributed by atoms with van der Waals surface area (Å²) in [5.74, 6) is 0.449. The van der Waals surface area contributed by atoms with Crippen molar-refractivity contribution >= 4 is 5.97 Å². The molecule has 0 aromatic heterocycles. The molecule has 0 unspecified atom stereocenters. The van der Waals surface area contributed by atoms with Gasteiger partial charge < -0.3 is 9.47 Å². The maximum absolute atomic E-state index is 11.8. The highest BCUT2D eigenvalue weighted by Gasteiger charge is 2.40. The molecule has 1 rings (SSSR count).